The molecule has 4 nitrogen and oxygen atoms in total. The molecule has 0 heterocycles. The van der Waals surface area contributed by atoms with Crippen LogP contribution in [0, 0.1) is 11.8 Å². The van der Waals surface area contributed by atoms with Crippen LogP contribution >= 0.6 is 11.6 Å². The number of rotatable bonds is 7. The largest absolute Gasteiger partial charge is 0.462 e. The molecule has 0 aromatic carbocycles. The van der Waals surface area contributed by atoms with Gasteiger partial charge in [0.2, 0.25) is 5.24 Å². The molecular formula is C20H37ClO4. The van der Waals surface area contributed by atoms with Gasteiger partial charge >= 0.3 is 5.97 Å². The molecule has 0 unspecified atom stereocenters. The molecule has 0 spiro atoms. The summed E-state index contributed by atoms with van der Waals surface area (Å²) in [5, 5.41) is 8.39. The number of carbonyl (C=O) groups excluding carboxylic acids is 2. The van der Waals surface area contributed by atoms with E-state index in [0.29, 0.717) is 0 Å². The summed E-state index contributed by atoms with van der Waals surface area (Å²) in [7, 11) is 0. The molecule has 0 rings (SSSR count). The van der Waals surface area contributed by atoms with Gasteiger partial charge in [0.1, 0.15) is 6.10 Å². The SMILES string of the molecule is C=C(C)C[C@@H](C)O.C=C(C)C[C@@H](C)OC(=O)C(C)C.CC(C)C(=O)Cl. The summed E-state index contributed by atoms with van der Waals surface area (Å²) in [4.78, 5) is 21.0. The third-order valence-electron chi connectivity index (χ3n) is 2.52. The summed E-state index contributed by atoms with van der Waals surface area (Å²) >= 11 is 4.97. The number of aliphatic hydroxyl groups is 1. The van der Waals surface area contributed by atoms with Gasteiger partial charge in [-0.15, -0.1) is 13.2 Å². The topological polar surface area (TPSA) is 63.6 Å². The van der Waals surface area contributed by atoms with Gasteiger partial charge in [0.05, 0.1) is 12.0 Å². The highest BCUT2D eigenvalue weighted by molar-refractivity contribution is 6.63. The van der Waals surface area contributed by atoms with Gasteiger partial charge in [0.25, 0.3) is 0 Å². The second-order valence-electron chi connectivity index (χ2n) is 7.03. The van der Waals surface area contributed by atoms with E-state index in [1.165, 1.54) is 0 Å². The highest BCUT2D eigenvalue weighted by atomic mass is 35.5. The van der Waals surface area contributed by atoms with Crippen LogP contribution < -0.4 is 0 Å². The zero-order chi connectivity index (χ0) is 20.7. The molecule has 0 amide bonds. The molecular weight excluding hydrogens is 340 g/mol. The Morgan fingerprint density at radius 1 is 0.920 bits per heavy atom. The Balaban J connectivity index is -0.000000317. The van der Waals surface area contributed by atoms with Crippen molar-refractivity contribution in [3.05, 3.63) is 24.3 Å². The van der Waals surface area contributed by atoms with E-state index in [1.54, 1.807) is 20.8 Å². The first-order valence-electron chi connectivity index (χ1n) is 8.57. The summed E-state index contributed by atoms with van der Waals surface area (Å²) in [5.41, 5.74) is 2.08. The molecule has 0 saturated carbocycles. The fourth-order valence-electron chi connectivity index (χ4n) is 1.37. The molecule has 0 fully saturated rings. The summed E-state index contributed by atoms with van der Waals surface area (Å²) in [6, 6.07) is 0. The highest BCUT2D eigenvalue weighted by Crippen LogP contribution is 2.08. The quantitative estimate of drug-likeness (QED) is 0.373. The van der Waals surface area contributed by atoms with Gasteiger partial charge in [-0.25, -0.2) is 0 Å². The lowest BCUT2D eigenvalue weighted by Crippen LogP contribution is -2.19. The Labute approximate surface area is 159 Å². The van der Waals surface area contributed by atoms with Crippen LogP contribution in [0.4, 0.5) is 0 Å². The Kier molecular flexibility index (Phi) is 18.7. The first-order chi connectivity index (χ1) is 11.2. The van der Waals surface area contributed by atoms with Gasteiger partial charge in [0.15, 0.2) is 0 Å². The molecule has 5 heteroatoms. The summed E-state index contributed by atoms with van der Waals surface area (Å²) in [6.07, 6.45) is 1.20. The Bertz CT molecular complexity index is 412. The number of carbonyl (C=O) groups is 2. The second kappa shape index (κ2) is 16.3. The van der Waals surface area contributed by atoms with Crippen molar-refractivity contribution in [1.29, 1.82) is 0 Å². The van der Waals surface area contributed by atoms with Crippen LogP contribution in [0.25, 0.3) is 0 Å². The van der Waals surface area contributed by atoms with Crippen molar-refractivity contribution in [2.24, 2.45) is 11.8 Å². The van der Waals surface area contributed by atoms with E-state index >= 15 is 0 Å². The van der Waals surface area contributed by atoms with Crippen molar-refractivity contribution in [3.8, 4) is 0 Å². The van der Waals surface area contributed by atoms with Gasteiger partial charge in [-0.05, 0) is 45.7 Å². The van der Waals surface area contributed by atoms with Crippen molar-refractivity contribution in [3.63, 3.8) is 0 Å². The average Bonchev–Trinajstić information content (AvgIpc) is 2.36. The van der Waals surface area contributed by atoms with Gasteiger partial charge in [-0.2, -0.15) is 0 Å². The number of hydrogen-bond acceptors (Lipinski definition) is 4. The van der Waals surface area contributed by atoms with Crippen molar-refractivity contribution in [2.75, 3.05) is 0 Å². The molecule has 1 N–H and O–H groups in total. The minimum absolute atomic E-state index is 0.0216. The minimum Gasteiger partial charge on any atom is -0.462 e. The fraction of sp³-hybridized carbons (Fsp3) is 0.700. The number of halogens is 1. The standard InChI is InChI=1S/C10H18O2.C6H12O.C4H7ClO/c1-7(2)6-9(5)12-10(11)8(3)4;1-5(2)4-6(3)7;1-3(2)4(5)6/h8-9H,1,6H2,2-5H3;6-7H,1,4H2,2-3H3;3H,1-2H3/t9-;6-;/m11./s1. The van der Waals surface area contributed by atoms with Crippen LogP contribution in [-0.2, 0) is 14.3 Å². The summed E-state index contributed by atoms with van der Waals surface area (Å²) < 4.78 is 5.12. The van der Waals surface area contributed by atoms with E-state index in [9.17, 15) is 9.59 Å². The van der Waals surface area contributed by atoms with Crippen LogP contribution in [0.3, 0.4) is 0 Å². The molecule has 2 atom stereocenters. The molecule has 0 bridgehead atoms. The third-order valence-corrected chi connectivity index (χ3v) is 2.96. The maximum atomic E-state index is 11.1. The van der Waals surface area contributed by atoms with E-state index in [1.807, 2.05) is 34.6 Å². The third kappa shape index (κ3) is 28.0. The molecule has 0 aliphatic heterocycles. The molecule has 0 aliphatic rings. The predicted molar refractivity (Wildman–Crippen MR) is 107 cm³/mol. The Morgan fingerprint density at radius 2 is 1.28 bits per heavy atom. The molecule has 0 aromatic heterocycles. The maximum Gasteiger partial charge on any atom is 0.308 e. The molecule has 148 valence electrons. The van der Waals surface area contributed by atoms with E-state index < -0.39 is 0 Å². The maximum absolute atomic E-state index is 11.1. The molecule has 25 heavy (non-hydrogen) atoms. The summed E-state index contributed by atoms with van der Waals surface area (Å²) in [5.74, 6) is -0.201. The lowest BCUT2D eigenvalue weighted by atomic mass is 10.1. The number of hydrogen-bond donors (Lipinski definition) is 1. The first kappa shape index (κ1) is 28.7. The smallest absolute Gasteiger partial charge is 0.308 e. The zero-order valence-electron chi connectivity index (χ0n) is 17.2. The van der Waals surface area contributed by atoms with Gasteiger partial charge < -0.3 is 9.84 Å². The minimum atomic E-state index is -0.269. The summed E-state index contributed by atoms with van der Waals surface area (Å²) in [6.45, 7) is 22.1. The van der Waals surface area contributed by atoms with Crippen molar-refractivity contribution >= 4 is 22.8 Å². The monoisotopic (exact) mass is 376 g/mol. The average molecular weight is 377 g/mol. The predicted octanol–water partition coefficient (Wildman–Crippen LogP) is 5.28. The number of ether oxygens (including phenoxy) is 1. The number of esters is 1. The molecule has 0 radical (unpaired) electrons. The Hall–Kier alpha value is -1.13. The van der Waals surface area contributed by atoms with Gasteiger partial charge in [-0.3, -0.25) is 9.59 Å². The first-order valence-corrected chi connectivity index (χ1v) is 8.95. The zero-order valence-corrected chi connectivity index (χ0v) is 17.9. The molecule has 0 aliphatic carbocycles. The molecule has 0 saturated heterocycles. The lowest BCUT2D eigenvalue weighted by Gasteiger charge is -2.14. The van der Waals surface area contributed by atoms with Crippen LogP contribution in [-0.4, -0.2) is 28.5 Å². The van der Waals surface area contributed by atoms with Crippen LogP contribution in [0.1, 0.15) is 68.2 Å². The van der Waals surface area contributed by atoms with Crippen LogP contribution in [0.2, 0.25) is 0 Å². The second-order valence-corrected chi connectivity index (χ2v) is 7.41. The van der Waals surface area contributed by atoms with Crippen molar-refractivity contribution in [2.45, 2.75) is 80.4 Å². The van der Waals surface area contributed by atoms with Gasteiger partial charge in [0, 0.05) is 12.3 Å². The van der Waals surface area contributed by atoms with Gasteiger partial charge in [-0.1, -0.05) is 38.8 Å². The van der Waals surface area contributed by atoms with Crippen LogP contribution in [0.5, 0.6) is 0 Å². The van der Waals surface area contributed by atoms with E-state index in [-0.39, 0.29) is 35.3 Å². The van der Waals surface area contributed by atoms with E-state index in [4.69, 9.17) is 21.4 Å². The Morgan fingerprint density at radius 3 is 1.44 bits per heavy atom. The molecule has 0 aromatic rings. The van der Waals surface area contributed by atoms with Crippen molar-refractivity contribution in [1.82, 2.24) is 0 Å². The van der Waals surface area contributed by atoms with Crippen LogP contribution in [0.15, 0.2) is 24.3 Å². The fourth-order valence-corrected chi connectivity index (χ4v) is 1.37. The van der Waals surface area contributed by atoms with E-state index in [2.05, 4.69) is 13.2 Å². The van der Waals surface area contributed by atoms with Crippen molar-refractivity contribution < 1.29 is 19.4 Å². The number of aliphatic hydroxyl groups excluding tert-OH is 1. The normalized spacial score (nSPS) is 12.2. The van der Waals surface area contributed by atoms with E-state index in [0.717, 1.165) is 24.0 Å². The highest BCUT2D eigenvalue weighted by Gasteiger charge is 2.12. The lowest BCUT2D eigenvalue weighted by molar-refractivity contribution is -0.151.